The van der Waals surface area contributed by atoms with Crippen LogP contribution in [0.1, 0.15) is 69.1 Å². The first kappa shape index (κ1) is 24.7. The number of carbonyl (C=O) groups excluding carboxylic acids is 4. The maximum absolute atomic E-state index is 12.9. The highest BCUT2D eigenvalue weighted by Crippen LogP contribution is 2.44. The molecule has 0 atom stereocenters. The zero-order chi connectivity index (χ0) is 23.6. The Balaban J connectivity index is 2.69. The fourth-order valence-corrected chi connectivity index (χ4v) is 6.22. The Morgan fingerprint density at radius 1 is 0.613 bits per heavy atom. The van der Waals surface area contributed by atoms with Gasteiger partial charge in [0.05, 0.1) is 19.5 Å². The first-order valence-corrected chi connectivity index (χ1v) is 11.7. The Labute approximate surface area is 194 Å². The van der Waals surface area contributed by atoms with E-state index in [1.807, 2.05) is 0 Å². The number of ketones is 4. The normalized spacial score (nSPS) is 10.5. The molecule has 2 aromatic rings. The Morgan fingerprint density at radius 3 is 1.16 bits per heavy atom. The number of carbonyl (C=O) groups is 4. The van der Waals surface area contributed by atoms with E-state index in [-0.39, 0.29) is 45.4 Å². The molecule has 0 amide bonds. The van der Waals surface area contributed by atoms with Gasteiger partial charge in [-0.15, -0.1) is 22.7 Å². The maximum atomic E-state index is 12.9. The highest BCUT2D eigenvalue weighted by atomic mass is 32.2. The fourth-order valence-electron chi connectivity index (χ4n) is 2.57. The largest absolute Gasteiger partial charge is 0.289 e. The van der Waals surface area contributed by atoms with Crippen molar-refractivity contribution >= 4 is 57.6 Å². The summed E-state index contributed by atoms with van der Waals surface area (Å²) in [5, 5.41) is 3.23. The summed E-state index contributed by atoms with van der Waals surface area (Å²) in [6.45, 7) is 21.1. The van der Waals surface area contributed by atoms with Gasteiger partial charge in [0.1, 0.15) is 0 Å². The van der Waals surface area contributed by atoms with Gasteiger partial charge in [0, 0.05) is 21.9 Å². The van der Waals surface area contributed by atoms with Crippen LogP contribution in [0.5, 0.6) is 0 Å². The molecule has 2 heterocycles. The minimum Gasteiger partial charge on any atom is -0.289 e. The quantitative estimate of drug-likeness (QED) is 0.276. The van der Waals surface area contributed by atoms with Crippen LogP contribution >= 0.6 is 34.4 Å². The van der Waals surface area contributed by atoms with Crippen molar-refractivity contribution in [1.82, 2.24) is 0 Å². The summed E-state index contributed by atoms with van der Waals surface area (Å²) in [4.78, 5) is 50.9. The van der Waals surface area contributed by atoms with Gasteiger partial charge in [-0.2, -0.15) is 0 Å². The second-order valence-electron chi connectivity index (χ2n) is 7.16. The molecule has 0 aliphatic heterocycles. The van der Waals surface area contributed by atoms with Crippen LogP contribution in [0, 0.1) is 0 Å². The Bertz CT molecular complexity index is 1100. The summed E-state index contributed by atoms with van der Waals surface area (Å²) in [5.74, 6) is -1.35. The van der Waals surface area contributed by atoms with Gasteiger partial charge in [-0.25, -0.2) is 0 Å². The molecule has 0 fully saturated rings. The van der Waals surface area contributed by atoms with Crippen LogP contribution in [-0.4, -0.2) is 23.1 Å². The molecule has 4 nitrogen and oxygen atoms in total. The van der Waals surface area contributed by atoms with Crippen molar-refractivity contribution in [3.05, 3.63) is 81.6 Å². The van der Waals surface area contributed by atoms with Crippen LogP contribution in [0.15, 0.2) is 67.8 Å². The van der Waals surface area contributed by atoms with E-state index in [1.165, 1.54) is 34.4 Å². The van der Waals surface area contributed by atoms with E-state index < -0.39 is 0 Å². The molecular formula is C24H22O4S3. The van der Waals surface area contributed by atoms with E-state index in [9.17, 15) is 19.2 Å². The third kappa shape index (κ3) is 5.01. The molecule has 0 aromatic carbocycles. The number of hydrogen-bond acceptors (Lipinski definition) is 7. The van der Waals surface area contributed by atoms with Crippen LogP contribution in [0.4, 0.5) is 0 Å². The number of allylic oxidation sites excluding steroid dienone is 4. The summed E-state index contributed by atoms with van der Waals surface area (Å²) >= 11 is 3.63. The van der Waals surface area contributed by atoms with Crippen molar-refractivity contribution in [1.29, 1.82) is 0 Å². The standard InChI is InChI=1S/C24H22O4S3/c1-11(2)19(25)15-9-29-23(17(15)21(27)13(5)6)31-24-18(22(28)14(7)8)16(10-30-24)20(26)12(3)4/h9-10H,1,3,5,7H2,2,4,6,8H3. The summed E-state index contributed by atoms with van der Waals surface area (Å²) in [6.07, 6.45) is 0. The lowest BCUT2D eigenvalue weighted by atomic mass is 9.99. The summed E-state index contributed by atoms with van der Waals surface area (Å²) in [7, 11) is 0. The van der Waals surface area contributed by atoms with Crippen molar-refractivity contribution in [2.24, 2.45) is 0 Å². The molecule has 0 aliphatic rings. The summed E-state index contributed by atoms with van der Waals surface area (Å²) in [5.41, 5.74) is 2.21. The van der Waals surface area contributed by atoms with Gasteiger partial charge >= 0.3 is 0 Å². The molecule has 31 heavy (non-hydrogen) atoms. The van der Waals surface area contributed by atoms with E-state index in [2.05, 4.69) is 26.3 Å². The van der Waals surface area contributed by atoms with Crippen molar-refractivity contribution < 1.29 is 19.2 Å². The van der Waals surface area contributed by atoms with E-state index in [0.717, 1.165) is 0 Å². The lowest BCUT2D eigenvalue weighted by molar-refractivity contribution is 0.0998. The van der Waals surface area contributed by atoms with E-state index in [0.29, 0.717) is 30.7 Å². The summed E-state index contributed by atoms with van der Waals surface area (Å²) < 4.78 is 1.09. The number of thiophene rings is 2. The maximum Gasteiger partial charge on any atom is 0.190 e. The lowest BCUT2D eigenvalue weighted by Gasteiger charge is -2.08. The molecule has 0 radical (unpaired) electrons. The predicted octanol–water partition coefficient (Wildman–Crippen LogP) is 7.00. The van der Waals surface area contributed by atoms with Crippen LogP contribution in [0.2, 0.25) is 0 Å². The monoisotopic (exact) mass is 470 g/mol. The van der Waals surface area contributed by atoms with Gasteiger partial charge in [-0.3, -0.25) is 19.2 Å². The molecule has 2 rings (SSSR count). The van der Waals surface area contributed by atoms with Gasteiger partial charge in [0.15, 0.2) is 23.1 Å². The summed E-state index contributed by atoms with van der Waals surface area (Å²) in [6, 6.07) is 0. The molecule has 0 saturated carbocycles. The lowest BCUT2D eigenvalue weighted by Crippen LogP contribution is -2.09. The molecule has 0 aliphatic carbocycles. The Morgan fingerprint density at radius 2 is 0.903 bits per heavy atom. The van der Waals surface area contributed by atoms with Crippen molar-refractivity contribution in [3.8, 4) is 0 Å². The van der Waals surface area contributed by atoms with Gasteiger partial charge in [0.25, 0.3) is 0 Å². The molecule has 0 N–H and O–H groups in total. The second kappa shape index (κ2) is 9.68. The molecule has 2 aromatic heterocycles. The molecule has 160 valence electrons. The Kier molecular flexibility index (Phi) is 7.70. The number of rotatable bonds is 10. The minimum absolute atomic E-state index is 0.241. The Hall–Kier alpha value is -2.61. The minimum atomic E-state index is -0.351. The predicted molar refractivity (Wildman–Crippen MR) is 129 cm³/mol. The van der Waals surface area contributed by atoms with Gasteiger partial charge < -0.3 is 0 Å². The number of hydrogen-bond donors (Lipinski definition) is 0. The van der Waals surface area contributed by atoms with Gasteiger partial charge in [-0.05, 0) is 50.0 Å². The molecule has 0 bridgehead atoms. The zero-order valence-electron chi connectivity index (χ0n) is 17.8. The third-order valence-corrected chi connectivity index (χ3v) is 7.59. The SMILES string of the molecule is C=C(C)C(=O)c1csc(Sc2scc(C(=O)C(=C)C)c2C(=O)C(=C)C)c1C(=O)C(=C)C. The van der Waals surface area contributed by atoms with Crippen LogP contribution in [0.3, 0.4) is 0 Å². The highest BCUT2D eigenvalue weighted by molar-refractivity contribution is 8.03. The van der Waals surface area contributed by atoms with E-state index in [4.69, 9.17) is 0 Å². The van der Waals surface area contributed by atoms with Gasteiger partial charge in [0.2, 0.25) is 0 Å². The molecule has 0 saturated heterocycles. The van der Waals surface area contributed by atoms with Crippen molar-refractivity contribution in [3.63, 3.8) is 0 Å². The molecule has 0 unspecified atom stereocenters. The fraction of sp³-hybridized carbons (Fsp3) is 0.167. The van der Waals surface area contributed by atoms with Crippen LogP contribution in [0.25, 0.3) is 0 Å². The third-order valence-electron chi connectivity index (χ3n) is 4.19. The van der Waals surface area contributed by atoms with Crippen LogP contribution in [-0.2, 0) is 0 Å². The number of Topliss-reactive ketones (excluding diaryl/α,β-unsaturated/α-hetero) is 4. The molecular weight excluding hydrogens is 448 g/mol. The zero-order valence-corrected chi connectivity index (χ0v) is 20.3. The average molecular weight is 471 g/mol. The smallest absolute Gasteiger partial charge is 0.190 e. The topological polar surface area (TPSA) is 68.3 Å². The first-order valence-electron chi connectivity index (χ1n) is 9.10. The van der Waals surface area contributed by atoms with Crippen molar-refractivity contribution in [2.75, 3.05) is 0 Å². The van der Waals surface area contributed by atoms with E-state index in [1.54, 1.807) is 38.5 Å². The van der Waals surface area contributed by atoms with Crippen molar-refractivity contribution in [2.45, 2.75) is 36.1 Å². The second-order valence-corrected chi connectivity index (χ2v) is 10.5. The first-order chi connectivity index (χ1) is 14.4. The molecule has 0 spiro atoms. The van der Waals surface area contributed by atoms with Gasteiger partial charge in [-0.1, -0.05) is 38.1 Å². The van der Waals surface area contributed by atoms with E-state index >= 15 is 0 Å². The highest BCUT2D eigenvalue weighted by Gasteiger charge is 2.29. The molecule has 7 heteroatoms. The van der Waals surface area contributed by atoms with Crippen LogP contribution < -0.4 is 0 Å². The average Bonchev–Trinajstić information content (AvgIpc) is 3.29.